The van der Waals surface area contributed by atoms with Gasteiger partial charge in [-0.15, -0.1) is 0 Å². The molecule has 0 N–H and O–H groups in total. The molecular formula is C12H23NO3. The lowest BCUT2D eigenvalue weighted by atomic mass is 10.1. The van der Waals surface area contributed by atoms with Crippen LogP contribution in [0.5, 0.6) is 0 Å². The number of likely N-dealkylation sites (tertiary alicyclic amines) is 1. The second kappa shape index (κ2) is 5.04. The maximum absolute atomic E-state index is 11.6. The van der Waals surface area contributed by atoms with Crippen LogP contribution in [0.3, 0.4) is 0 Å². The largest absolute Gasteiger partial charge is 0.444 e. The topological polar surface area (TPSA) is 38.8 Å². The minimum absolute atomic E-state index is 0.183. The number of rotatable bonds is 3. The highest BCUT2D eigenvalue weighted by Crippen LogP contribution is 2.18. The molecule has 1 atom stereocenters. The Hall–Kier alpha value is -0.770. The van der Waals surface area contributed by atoms with Crippen LogP contribution in [0.1, 0.15) is 41.0 Å². The lowest BCUT2D eigenvalue weighted by Crippen LogP contribution is -2.56. The first kappa shape index (κ1) is 13.3. The maximum atomic E-state index is 11.6. The van der Waals surface area contributed by atoms with E-state index in [9.17, 15) is 4.79 Å². The monoisotopic (exact) mass is 229 g/mol. The van der Waals surface area contributed by atoms with E-state index in [1.165, 1.54) is 0 Å². The quantitative estimate of drug-likeness (QED) is 0.746. The second-order valence-electron chi connectivity index (χ2n) is 5.36. The van der Waals surface area contributed by atoms with E-state index in [1.54, 1.807) is 4.90 Å². The molecule has 0 radical (unpaired) electrons. The summed E-state index contributed by atoms with van der Waals surface area (Å²) in [6, 6.07) is 0. The van der Waals surface area contributed by atoms with Gasteiger partial charge in [0.1, 0.15) is 5.60 Å². The summed E-state index contributed by atoms with van der Waals surface area (Å²) in [5.41, 5.74) is -0.417. The van der Waals surface area contributed by atoms with Crippen LogP contribution in [0, 0.1) is 0 Å². The Kier molecular flexibility index (Phi) is 4.19. The molecule has 94 valence electrons. The van der Waals surface area contributed by atoms with Gasteiger partial charge in [0.25, 0.3) is 0 Å². The summed E-state index contributed by atoms with van der Waals surface area (Å²) in [4.78, 5) is 13.3. The van der Waals surface area contributed by atoms with Crippen LogP contribution in [-0.2, 0) is 9.47 Å². The number of carbonyl (C=O) groups excluding carboxylic acids is 1. The van der Waals surface area contributed by atoms with Crippen molar-refractivity contribution in [3.05, 3.63) is 0 Å². The van der Waals surface area contributed by atoms with Crippen molar-refractivity contribution >= 4 is 6.09 Å². The van der Waals surface area contributed by atoms with Crippen molar-refractivity contribution in [3.8, 4) is 0 Å². The second-order valence-corrected chi connectivity index (χ2v) is 5.36. The van der Waals surface area contributed by atoms with Crippen molar-refractivity contribution in [2.24, 2.45) is 0 Å². The van der Waals surface area contributed by atoms with Crippen LogP contribution < -0.4 is 0 Å². The summed E-state index contributed by atoms with van der Waals surface area (Å²) in [6.07, 6.45) is 1.22. The van der Waals surface area contributed by atoms with Crippen molar-refractivity contribution in [2.75, 3.05) is 13.1 Å². The molecule has 0 bridgehead atoms. The lowest BCUT2D eigenvalue weighted by molar-refractivity contribution is -0.0887. The first-order valence-corrected chi connectivity index (χ1v) is 5.95. The van der Waals surface area contributed by atoms with Gasteiger partial charge < -0.3 is 14.4 Å². The Balaban J connectivity index is 2.23. The zero-order valence-corrected chi connectivity index (χ0v) is 10.9. The van der Waals surface area contributed by atoms with Crippen LogP contribution in [0.2, 0.25) is 0 Å². The molecule has 1 aliphatic heterocycles. The molecule has 1 fully saturated rings. The third-order valence-electron chi connectivity index (χ3n) is 2.50. The molecule has 0 spiro atoms. The number of carbonyl (C=O) groups is 1. The normalized spacial score (nSPS) is 19.2. The predicted octanol–water partition coefficient (Wildman–Crippen LogP) is 2.42. The highest BCUT2D eigenvalue weighted by molar-refractivity contribution is 5.69. The van der Waals surface area contributed by atoms with Crippen molar-refractivity contribution < 1.29 is 14.3 Å². The van der Waals surface area contributed by atoms with Crippen LogP contribution in [0.25, 0.3) is 0 Å². The first-order chi connectivity index (χ1) is 7.31. The summed E-state index contributed by atoms with van der Waals surface area (Å²) in [5.74, 6) is 0. The Labute approximate surface area is 97.9 Å². The van der Waals surface area contributed by atoms with Gasteiger partial charge in [-0.05, 0) is 34.1 Å². The van der Waals surface area contributed by atoms with E-state index in [4.69, 9.17) is 9.47 Å². The average molecular weight is 229 g/mol. The Bertz CT molecular complexity index is 241. The number of hydrogen-bond donors (Lipinski definition) is 0. The van der Waals surface area contributed by atoms with Gasteiger partial charge in [0, 0.05) is 0 Å². The van der Waals surface area contributed by atoms with E-state index in [0.29, 0.717) is 13.1 Å². The van der Waals surface area contributed by atoms with E-state index in [0.717, 1.165) is 6.42 Å². The minimum Gasteiger partial charge on any atom is -0.444 e. The zero-order chi connectivity index (χ0) is 12.3. The third-order valence-corrected chi connectivity index (χ3v) is 2.50. The molecule has 1 heterocycles. The van der Waals surface area contributed by atoms with Crippen molar-refractivity contribution in [2.45, 2.75) is 58.8 Å². The minimum atomic E-state index is -0.417. The van der Waals surface area contributed by atoms with E-state index < -0.39 is 5.60 Å². The summed E-state index contributed by atoms with van der Waals surface area (Å²) in [6.45, 7) is 11.1. The van der Waals surface area contributed by atoms with Gasteiger partial charge in [0.2, 0.25) is 0 Å². The Morgan fingerprint density at radius 1 is 1.44 bits per heavy atom. The predicted molar refractivity (Wildman–Crippen MR) is 62.4 cm³/mol. The van der Waals surface area contributed by atoms with Gasteiger partial charge in [0.15, 0.2) is 0 Å². The SMILES string of the molecule is CCC(C)OC1CN(C(=O)OC(C)(C)C)C1. The van der Waals surface area contributed by atoms with Crippen molar-refractivity contribution in [1.82, 2.24) is 4.90 Å². The molecular weight excluding hydrogens is 206 g/mol. The third kappa shape index (κ3) is 4.00. The molecule has 0 aromatic rings. The molecule has 1 saturated heterocycles. The molecule has 0 saturated carbocycles. The molecule has 16 heavy (non-hydrogen) atoms. The fourth-order valence-corrected chi connectivity index (χ4v) is 1.42. The summed E-state index contributed by atoms with van der Waals surface area (Å²) < 4.78 is 10.9. The molecule has 0 aliphatic carbocycles. The highest BCUT2D eigenvalue weighted by Gasteiger charge is 2.34. The summed E-state index contributed by atoms with van der Waals surface area (Å²) in [5, 5.41) is 0. The van der Waals surface area contributed by atoms with Gasteiger partial charge in [-0.3, -0.25) is 0 Å². The molecule has 1 unspecified atom stereocenters. The number of nitrogens with zero attached hydrogens (tertiary/aromatic N) is 1. The smallest absolute Gasteiger partial charge is 0.410 e. The Morgan fingerprint density at radius 3 is 2.44 bits per heavy atom. The number of ether oxygens (including phenoxy) is 2. The molecule has 4 heteroatoms. The first-order valence-electron chi connectivity index (χ1n) is 5.95. The van der Waals surface area contributed by atoms with Crippen LogP contribution in [0.4, 0.5) is 4.79 Å². The zero-order valence-electron chi connectivity index (χ0n) is 10.9. The van der Waals surface area contributed by atoms with Crippen molar-refractivity contribution in [3.63, 3.8) is 0 Å². The molecule has 1 aliphatic rings. The summed E-state index contributed by atoms with van der Waals surface area (Å²) in [7, 11) is 0. The highest BCUT2D eigenvalue weighted by atomic mass is 16.6. The van der Waals surface area contributed by atoms with Gasteiger partial charge >= 0.3 is 6.09 Å². The standard InChI is InChI=1S/C12H23NO3/c1-6-9(2)15-10-7-13(8-10)11(14)16-12(3,4)5/h9-10H,6-8H2,1-5H3. The molecule has 1 rings (SSSR count). The number of amides is 1. The van der Waals surface area contributed by atoms with E-state index in [-0.39, 0.29) is 18.3 Å². The fourth-order valence-electron chi connectivity index (χ4n) is 1.42. The lowest BCUT2D eigenvalue weighted by Gasteiger charge is -2.40. The van der Waals surface area contributed by atoms with Crippen LogP contribution >= 0.6 is 0 Å². The number of hydrogen-bond acceptors (Lipinski definition) is 3. The van der Waals surface area contributed by atoms with Gasteiger partial charge in [-0.1, -0.05) is 6.92 Å². The van der Waals surface area contributed by atoms with E-state index >= 15 is 0 Å². The van der Waals surface area contributed by atoms with E-state index in [2.05, 4.69) is 13.8 Å². The molecule has 1 amide bonds. The molecule has 0 aromatic heterocycles. The van der Waals surface area contributed by atoms with Crippen LogP contribution in [-0.4, -0.2) is 41.9 Å². The summed E-state index contributed by atoms with van der Waals surface area (Å²) >= 11 is 0. The van der Waals surface area contributed by atoms with E-state index in [1.807, 2.05) is 20.8 Å². The average Bonchev–Trinajstić information content (AvgIpc) is 2.06. The maximum Gasteiger partial charge on any atom is 0.410 e. The fraction of sp³-hybridized carbons (Fsp3) is 0.917. The molecule has 4 nitrogen and oxygen atoms in total. The van der Waals surface area contributed by atoms with Gasteiger partial charge in [-0.25, -0.2) is 4.79 Å². The molecule has 0 aromatic carbocycles. The Morgan fingerprint density at radius 2 is 2.00 bits per heavy atom. The van der Waals surface area contributed by atoms with Gasteiger partial charge in [-0.2, -0.15) is 0 Å². The van der Waals surface area contributed by atoms with Crippen molar-refractivity contribution in [1.29, 1.82) is 0 Å². The van der Waals surface area contributed by atoms with Gasteiger partial charge in [0.05, 0.1) is 25.3 Å². The van der Waals surface area contributed by atoms with Crippen LogP contribution in [0.15, 0.2) is 0 Å².